The Hall–Kier alpha value is -1.55. The van der Waals surface area contributed by atoms with Gasteiger partial charge in [-0.25, -0.2) is 0 Å². The van der Waals surface area contributed by atoms with Gasteiger partial charge in [-0.2, -0.15) is 5.10 Å². The van der Waals surface area contributed by atoms with E-state index in [1.807, 2.05) is 20.9 Å². The lowest BCUT2D eigenvalue weighted by molar-refractivity contribution is 0.188. The standard InChI is InChI=1S/C11H14N2O2/c1-7-10(8(2)13(3)12-7)11(14)9-5-4-6-15-9/h4-6,11,14H,1-3H3. The van der Waals surface area contributed by atoms with Crippen molar-refractivity contribution in [2.75, 3.05) is 0 Å². The molecular formula is C11H14N2O2. The molecule has 0 aliphatic carbocycles. The van der Waals surface area contributed by atoms with Gasteiger partial charge in [0.25, 0.3) is 0 Å². The summed E-state index contributed by atoms with van der Waals surface area (Å²) in [4.78, 5) is 0. The first-order chi connectivity index (χ1) is 7.11. The van der Waals surface area contributed by atoms with Crippen LogP contribution in [0.1, 0.15) is 28.8 Å². The fourth-order valence-electron chi connectivity index (χ4n) is 1.77. The molecule has 4 heteroatoms. The second-order valence-corrected chi connectivity index (χ2v) is 3.63. The highest BCUT2D eigenvalue weighted by atomic mass is 16.4. The number of hydrogen-bond acceptors (Lipinski definition) is 3. The molecule has 15 heavy (non-hydrogen) atoms. The molecule has 0 fully saturated rings. The molecule has 0 aromatic carbocycles. The van der Waals surface area contributed by atoms with Gasteiger partial charge >= 0.3 is 0 Å². The number of aliphatic hydroxyl groups is 1. The highest BCUT2D eigenvalue weighted by Gasteiger charge is 2.21. The monoisotopic (exact) mass is 206 g/mol. The number of rotatable bonds is 2. The summed E-state index contributed by atoms with van der Waals surface area (Å²) in [5.74, 6) is 0.550. The van der Waals surface area contributed by atoms with E-state index in [0.29, 0.717) is 5.76 Å². The minimum atomic E-state index is -0.728. The fraction of sp³-hybridized carbons (Fsp3) is 0.364. The molecule has 2 aromatic rings. The van der Waals surface area contributed by atoms with Gasteiger partial charge in [0.2, 0.25) is 0 Å². The van der Waals surface area contributed by atoms with Gasteiger partial charge in [0, 0.05) is 18.3 Å². The molecule has 0 aliphatic heterocycles. The van der Waals surface area contributed by atoms with Gasteiger partial charge in [0.05, 0.1) is 12.0 Å². The summed E-state index contributed by atoms with van der Waals surface area (Å²) in [5.41, 5.74) is 2.61. The third-order valence-electron chi connectivity index (χ3n) is 2.65. The predicted octanol–water partition coefficient (Wildman–Crippen LogP) is 1.71. The lowest BCUT2D eigenvalue weighted by Crippen LogP contribution is -2.01. The van der Waals surface area contributed by atoms with Crippen LogP contribution in [0.4, 0.5) is 0 Å². The zero-order valence-corrected chi connectivity index (χ0v) is 9.06. The first-order valence-electron chi connectivity index (χ1n) is 4.83. The molecule has 0 bridgehead atoms. The van der Waals surface area contributed by atoms with Crippen LogP contribution >= 0.6 is 0 Å². The summed E-state index contributed by atoms with van der Waals surface area (Å²) >= 11 is 0. The van der Waals surface area contributed by atoms with Gasteiger partial charge in [0.1, 0.15) is 11.9 Å². The van der Waals surface area contributed by atoms with E-state index in [4.69, 9.17) is 4.42 Å². The molecule has 0 radical (unpaired) electrons. The number of aryl methyl sites for hydroxylation is 2. The van der Waals surface area contributed by atoms with Crippen molar-refractivity contribution >= 4 is 0 Å². The summed E-state index contributed by atoms with van der Waals surface area (Å²) in [7, 11) is 1.86. The molecule has 0 amide bonds. The van der Waals surface area contributed by atoms with Crippen LogP contribution in [0.5, 0.6) is 0 Å². The van der Waals surface area contributed by atoms with E-state index in [9.17, 15) is 5.11 Å². The Morgan fingerprint density at radius 3 is 2.67 bits per heavy atom. The Morgan fingerprint density at radius 1 is 1.47 bits per heavy atom. The zero-order chi connectivity index (χ0) is 11.0. The molecule has 80 valence electrons. The first-order valence-corrected chi connectivity index (χ1v) is 4.83. The van der Waals surface area contributed by atoms with E-state index in [0.717, 1.165) is 17.0 Å². The Morgan fingerprint density at radius 2 is 2.20 bits per heavy atom. The van der Waals surface area contributed by atoms with Gasteiger partial charge in [-0.3, -0.25) is 4.68 Å². The molecule has 1 N–H and O–H groups in total. The van der Waals surface area contributed by atoms with Gasteiger partial charge in [-0.1, -0.05) is 0 Å². The van der Waals surface area contributed by atoms with Crippen LogP contribution in [-0.2, 0) is 7.05 Å². The number of aliphatic hydroxyl groups excluding tert-OH is 1. The number of aromatic nitrogens is 2. The minimum Gasteiger partial charge on any atom is -0.466 e. The van der Waals surface area contributed by atoms with Gasteiger partial charge in [-0.15, -0.1) is 0 Å². The van der Waals surface area contributed by atoms with Crippen LogP contribution in [0.3, 0.4) is 0 Å². The van der Waals surface area contributed by atoms with Crippen molar-refractivity contribution in [2.45, 2.75) is 20.0 Å². The van der Waals surface area contributed by atoms with Crippen molar-refractivity contribution in [1.29, 1.82) is 0 Å². The Balaban J connectivity index is 2.46. The summed E-state index contributed by atoms with van der Waals surface area (Å²) < 4.78 is 6.94. The van der Waals surface area contributed by atoms with Crippen LogP contribution in [0.15, 0.2) is 22.8 Å². The maximum Gasteiger partial charge on any atom is 0.140 e. The van der Waals surface area contributed by atoms with E-state index in [1.165, 1.54) is 0 Å². The maximum absolute atomic E-state index is 10.1. The highest BCUT2D eigenvalue weighted by Crippen LogP contribution is 2.27. The maximum atomic E-state index is 10.1. The van der Waals surface area contributed by atoms with Crippen molar-refractivity contribution in [3.8, 4) is 0 Å². The van der Waals surface area contributed by atoms with E-state index >= 15 is 0 Å². The molecular weight excluding hydrogens is 192 g/mol. The highest BCUT2D eigenvalue weighted by molar-refractivity contribution is 5.31. The topological polar surface area (TPSA) is 51.2 Å². The molecule has 2 rings (SSSR count). The van der Waals surface area contributed by atoms with Crippen LogP contribution in [0.2, 0.25) is 0 Å². The summed E-state index contributed by atoms with van der Waals surface area (Å²) in [5, 5.41) is 14.4. The largest absolute Gasteiger partial charge is 0.466 e. The average molecular weight is 206 g/mol. The molecule has 2 aromatic heterocycles. The molecule has 0 spiro atoms. The van der Waals surface area contributed by atoms with Crippen molar-refractivity contribution < 1.29 is 9.52 Å². The van der Waals surface area contributed by atoms with Crippen molar-refractivity contribution in [3.63, 3.8) is 0 Å². The lowest BCUT2D eigenvalue weighted by Gasteiger charge is -2.08. The number of furan rings is 1. The molecule has 4 nitrogen and oxygen atoms in total. The average Bonchev–Trinajstić information content (AvgIpc) is 2.76. The van der Waals surface area contributed by atoms with Crippen LogP contribution < -0.4 is 0 Å². The number of nitrogens with zero attached hydrogens (tertiary/aromatic N) is 2. The zero-order valence-electron chi connectivity index (χ0n) is 9.06. The third kappa shape index (κ3) is 1.57. The van der Waals surface area contributed by atoms with E-state index < -0.39 is 6.10 Å². The van der Waals surface area contributed by atoms with Crippen LogP contribution in [-0.4, -0.2) is 14.9 Å². The third-order valence-corrected chi connectivity index (χ3v) is 2.65. The van der Waals surface area contributed by atoms with Gasteiger partial charge in [0.15, 0.2) is 0 Å². The summed E-state index contributed by atoms with van der Waals surface area (Å²) in [6.07, 6.45) is 0.827. The normalized spacial score (nSPS) is 13.1. The second-order valence-electron chi connectivity index (χ2n) is 3.63. The van der Waals surface area contributed by atoms with Crippen LogP contribution in [0.25, 0.3) is 0 Å². The molecule has 0 aliphatic rings. The van der Waals surface area contributed by atoms with E-state index in [-0.39, 0.29) is 0 Å². The number of hydrogen-bond donors (Lipinski definition) is 1. The fourth-order valence-corrected chi connectivity index (χ4v) is 1.77. The molecule has 1 atom stereocenters. The van der Waals surface area contributed by atoms with Crippen molar-refractivity contribution in [1.82, 2.24) is 9.78 Å². The van der Waals surface area contributed by atoms with Crippen LogP contribution in [0, 0.1) is 13.8 Å². The lowest BCUT2D eigenvalue weighted by atomic mass is 10.1. The molecule has 1 unspecified atom stereocenters. The minimum absolute atomic E-state index is 0.550. The predicted molar refractivity (Wildman–Crippen MR) is 55.5 cm³/mol. The Labute approximate surface area is 88.1 Å². The molecule has 2 heterocycles. The van der Waals surface area contributed by atoms with Crippen molar-refractivity contribution in [3.05, 3.63) is 41.1 Å². The van der Waals surface area contributed by atoms with Crippen molar-refractivity contribution in [2.24, 2.45) is 7.05 Å². The second kappa shape index (κ2) is 3.55. The Bertz CT molecular complexity index is 457. The molecule has 0 saturated heterocycles. The SMILES string of the molecule is Cc1nn(C)c(C)c1C(O)c1ccco1. The van der Waals surface area contributed by atoms with Gasteiger partial charge in [-0.05, 0) is 26.0 Å². The van der Waals surface area contributed by atoms with E-state index in [1.54, 1.807) is 23.1 Å². The van der Waals surface area contributed by atoms with E-state index in [2.05, 4.69) is 5.10 Å². The first kappa shape index (κ1) is 9.98. The Kier molecular flexibility index (Phi) is 2.36. The summed E-state index contributed by atoms with van der Waals surface area (Å²) in [6, 6.07) is 3.52. The summed E-state index contributed by atoms with van der Waals surface area (Å²) in [6.45, 7) is 3.82. The van der Waals surface area contributed by atoms with Gasteiger partial charge < -0.3 is 9.52 Å². The quantitative estimate of drug-likeness (QED) is 0.813. The molecule has 0 saturated carbocycles. The smallest absolute Gasteiger partial charge is 0.140 e.